The molecule has 1 atom stereocenters. The average Bonchev–Trinajstić information content (AvgIpc) is 2.75. The molecule has 0 spiro atoms. The lowest BCUT2D eigenvalue weighted by Gasteiger charge is -2.13. The van der Waals surface area contributed by atoms with Gasteiger partial charge in [0.25, 0.3) is 0 Å². The Morgan fingerprint density at radius 3 is 3.19 bits per heavy atom. The average molecular weight is 236 g/mol. The topological polar surface area (TPSA) is 83.5 Å². The van der Waals surface area contributed by atoms with Crippen molar-refractivity contribution in [3.63, 3.8) is 0 Å². The molecule has 84 valence electrons. The fourth-order valence-electron chi connectivity index (χ4n) is 1.36. The van der Waals surface area contributed by atoms with E-state index in [2.05, 4.69) is 15.5 Å². The first-order chi connectivity index (χ1) is 7.70. The molecule has 1 unspecified atom stereocenters. The van der Waals surface area contributed by atoms with Gasteiger partial charge in [-0.2, -0.15) is 0 Å². The largest absolute Gasteiger partial charge is 0.409 e. The highest BCUT2D eigenvalue weighted by molar-refractivity contribution is 7.16. The van der Waals surface area contributed by atoms with Gasteiger partial charge in [-0.3, -0.25) is 0 Å². The Bertz CT molecular complexity index is 522. The number of rotatable bonds is 3. The van der Waals surface area contributed by atoms with Gasteiger partial charge in [0.2, 0.25) is 0 Å². The molecule has 1 aromatic heterocycles. The Hall–Kier alpha value is -1.82. The highest BCUT2D eigenvalue weighted by Gasteiger charge is 2.07. The zero-order valence-corrected chi connectivity index (χ0v) is 9.53. The standard InChI is InChI=1S/C10H12N4OS/c1-6(10(11)14-15)13-7-2-3-8-9(4-7)16-5-12-8/h2-6,13,15H,1H3,(H2,11,14). The summed E-state index contributed by atoms with van der Waals surface area (Å²) in [6.07, 6.45) is 0. The molecule has 0 saturated carbocycles. The molecule has 0 amide bonds. The number of fused-ring (bicyclic) bond motifs is 1. The molecule has 5 nitrogen and oxygen atoms in total. The van der Waals surface area contributed by atoms with Crippen LogP contribution in [0.5, 0.6) is 0 Å². The number of aromatic nitrogens is 1. The van der Waals surface area contributed by atoms with Gasteiger partial charge in [-0.15, -0.1) is 11.3 Å². The summed E-state index contributed by atoms with van der Waals surface area (Å²) in [5.41, 5.74) is 9.20. The summed E-state index contributed by atoms with van der Waals surface area (Å²) in [6.45, 7) is 1.83. The van der Waals surface area contributed by atoms with Gasteiger partial charge >= 0.3 is 0 Å². The lowest BCUT2D eigenvalue weighted by atomic mass is 10.2. The number of nitrogens with two attached hydrogens (primary N) is 1. The van der Waals surface area contributed by atoms with E-state index in [1.165, 1.54) is 0 Å². The van der Waals surface area contributed by atoms with Crippen LogP contribution in [-0.4, -0.2) is 22.1 Å². The highest BCUT2D eigenvalue weighted by Crippen LogP contribution is 2.22. The summed E-state index contributed by atoms with van der Waals surface area (Å²) in [7, 11) is 0. The molecule has 1 aromatic carbocycles. The van der Waals surface area contributed by atoms with Gasteiger partial charge in [-0.1, -0.05) is 5.16 Å². The van der Waals surface area contributed by atoms with Crippen molar-refractivity contribution in [3.8, 4) is 0 Å². The molecular weight excluding hydrogens is 224 g/mol. The van der Waals surface area contributed by atoms with Crippen LogP contribution in [0.25, 0.3) is 10.2 Å². The first-order valence-corrected chi connectivity index (χ1v) is 5.66. The Kier molecular flexibility index (Phi) is 2.91. The van der Waals surface area contributed by atoms with Crippen molar-refractivity contribution in [2.24, 2.45) is 10.9 Å². The number of anilines is 1. The van der Waals surface area contributed by atoms with E-state index >= 15 is 0 Å². The minimum atomic E-state index is -0.213. The number of thiazole rings is 1. The molecule has 6 heteroatoms. The molecule has 16 heavy (non-hydrogen) atoms. The van der Waals surface area contributed by atoms with Gasteiger partial charge in [-0.05, 0) is 25.1 Å². The van der Waals surface area contributed by atoms with E-state index in [0.29, 0.717) is 0 Å². The predicted octanol–water partition coefficient (Wildman–Crippen LogP) is 1.84. The number of amidine groups is 1. The first kappa shape index (κ1) is 10.7. The maximum absolute atomic E-state index is 8.54. The quantitative estimate of drug-likeness (QED) is 0.328. The summed E-state index contributed by atoms with van der Waals surface area (Å²) < 4.78 is 1.11. The second-order valence-corrected chi connectivity index (χ2v) is 4.31. The van der Waals surface area contributed by atoms with Crippen molar-refractivity contribution in [3.05, 3.63) is 23.7 Å². The van der Waals surface area contributed by atoms with Gasteiger partial charge in [0, 0.05) is 5.69 Å². The number of nitrogens with one attached hydrogen (secondary N) is 1. The van der Waals surface area contributed by atoms with E-state index in [-0.39, 0.29) is 11.9 Å². The third-order valence-corrected chi connectivity index (χ3v) is 3.07. The zero-order chi connectivity index (χ0) is 11.5. The molecule has 0 fully saturated rings. The van der Waals surface area contributed by atoms with Crippen LogP contribution in [0.3, 0.4) is 0 Å². The van der Waals surface area contributed by atoms with Crippen LogP contribution < -0.4 is 11.1 Å². The summed E-state index contributed by atoms with van der Waals surface area (Å²) in [4.78, 5) is 4.19. The molecule has 4 N–H and O–H groups in total. The Balaban J connectivity index is 2.21. The number of hydrogen-bond acceptors (Lipinski definition) is 5. The Morgan fingerprint density at radius 2 is 2.44 bits per heavy atom. The molecule has 2 rings (SSSR count). The fourth-order valence-corrected chi connectivity index (χ4v) is 2.07. The van der Waals surface area contributed by atoms with Crippen LogP contribution in [0, 0.1) is 0 Å². The Morgan fingerprint density at radius 1 is 1.62 bits per heavy atom. The van der Waals surface area contributed by atoms with Crippen molar-refractivity contribution >= 4 is 33.1 Å². The van der Waals surface area contributed by atoms with E-state index in [9.17, 15) is 0 Å². The van der Waals surface area contributed by atoms with Crippen LogP contribution in [0.2, 0.25) is 0 Å². The lowest BCUT2D eigenvalue weighted by molar-refractivity contribution is 0.316. The van der Waals surface area contributed by atoms with Crippen molar-refractivity contribution < 1.29 is 5.21 Å². The Labute approximate surface area is 96.6 Å². The maximum Gasteiger partial charge on any atom is 0.161 e. The second-order valence-electron chi connectivity index (χ2n) is 3.43. The SMILES string of the molecule is CC(Nc1ccc2ncsc2c1)/C(N)=N/O. The summed E-state index contributed by atoms with van der Waals surface area (Å²) in [5, 5.41) is 14.6. The molecule has 0 radical (unpaired) electrons. The maximum atomic E-state index is 8.54. The minimum Gasteiger partial charge on any atom is -0.409 e. The van der Waals surface area contributed by atoms with Crippen molar-refractivity contribution in [1.82, 2.24) is 4.98 Å². The highest BCUT2D eigenvalue weighted by atomic mass is 32.1. The molecule has 0 aliphatic heterocycles. The molecule has 2 aromatic rings. The van der Waals surface area contributed by atoms with E-state index in [0.717, 1.165) is 15.9 Å². The lowest BCUT2D eigenvalue weighted by Crippen LogP contribution is -2.32. The van der Waals surface area contributed by atoms with Crippen LogP contribution in [-0.2, 0) is 0 Å². The fraction of sp³-hybridized carbons (Fsp3) is 0.200. The van der Waals surface area contributed by atoms with Crippen LogP contribution >= 0.6 is 11.3 Å². The number of benzene rings is 1. The van der Waals surface area contributed by atoms with Gasteiger partial charge in [-0.25, -0.2) is 4.98 Å². The van der Waals surface area contributed by atoms with Crippen LogP contribution in [0.4, 0.5) is 5.69 Å². The van der Waals surface area contributed by atoms with Crippen LogP contribution in [0.15, 0.2) is 28.9 Å². The van der Waals surface area contributed by atoms with Crippen molar-refractivity contribution in [2.45, 2.75) is 13.0 Å². The van der Waals surface area contributed by atoms with Gasteiger partial charge in [0.05, 0.1) is 21.8 Å². The predicted molar refractivity (Wildman–Crippen MR) is 66.1 cm³/mol. The smallest absolute Gasteiger partial charge is 0.161 e. The molecule has 0 saturated heterocycles. The normalized spacial score (nSPS) is 13.9. The van der Waals surface area contributed by atoms with Gasteiger partial charge in [0.15, 0.2) is 5.84 Å². The number of hydrogen-bond donors (Lipinski definition) is 3. The molecular formula is C10H12N4OS. The monoisotopic (exact) mass is 236 g/mol. The third kappa shape index (κ3) is 2.06. The summed E-state index contributed by atoms with van der Waals surface area (Å²) >= 11 is 1.58. The van der Waals surface area contributed by atoms with Gasteiger partial charge < -0.3 is 16.3 Å². The van der Waals surface area contributed by atoms with Crippen molar-refractivity contribution in [1.29, 1.82) is 0 Å². The molecule has 0 bridgehead atoms. The molecule has 0 aliphatic rings. The van der Waals surface area contributed by atoms with E-state index in [1.807, 2.05) is 25.1 Å². The van der Waals surface area contributed by atoms with Crippen LogP contribution in [0.1, 0.15) is 6.92 Å². The minimum absolute atomic E-state index is 0.157. The first-order valence-electron chi connectivity index (χ1n) is 4.78. The van der Waals surface area contributed by atoms with Crippen molar-refractivity contribution in [2.75, 3.05) is 5.32 Å². The zero-order valence-electron chi connectivity index (χ0n) is 8.71. The van der Waals surface area contributed by atoms with Gasteiger partial charge in [0.1, 0.15) is 0 Å². The number of nitrogens with zero attached hydrogens (tertiary/aromatic N) is 2. The second kappa shape index (κ2) is 4.36. The number of oxime groups is 1. The molecule has 0 aliphatic carbocycles. The third-order valence-electron chi connectivity index (χ3n) is 2.27. The summed E-state index contributed by atoms with van der Waals surface area (Å²) in [5.74, 6) is 0.157. The molecule has 1 heterocycles. The van der Waals surface area contributed by atoms with E-state index in [1.54, 1.807) is 16.8 Å². The van der Waals surface area contributed by atoms with E-state index in [4.69, 9.17) is 10.9 Å². The summed E-state index contributed by atoms with van der Waals surface area (Å²) in [6, 6.07) is 5.64. The van der Waals surface area contributed by atoms with E-state index < -0.39 is 0 Å².